The number of aryl methyl sites for hydroxylation is 1. The normalized spacial score (nSPS) is 12.2. The molecule has 1 atom stereocenters. The number of aliphatic hydroxyl groups excluding tert-OH is 1. The molecule has 3 aromatic rings. The second kappa shape index (κ2) is 11.9. The van der Waals surface area contributed by atoms with E-state index in [2.05, 4.69) is 20.2 Å². The Kier molecular flexibility index (Phi) is 8.97. The first-order chi connectivity index (χ1) is 15.9. The zero-order valence-corrected chi connectivity index (χ0v) is 20.2. The molecule has 0 radical (unpaired) electrons. The number of halogens is 1. The van der Waals surface area contributed by atoms with Gasteiger partial charge in [-0.25, -0.2) is 9.97 Å². The Morgan fingerprint density at radius 3 is 2.58 bits per heavy atom. The number of nitrogens with zero attached hydrogens (tertiary/aromatic N) is 4. The average molecular weight is 470 g/mol. The summed E-state index contributed by atoms with van der Waals surface area (Å²) in [6.07, 6.45) is 5.03. The molecule has 3 rings (SSSR count). The highest BCUT2D eigenvalue weighted by Crippen LogP contribution is 2.33. The molecular weight excluding hydrogens is 438 g/mol. The highest BCUT2D eigenvalue weighted by molar-refractivity contribution is 6.30. The minimum absolute atomic E-state index is 0.187. The fourth-order valence-electron chi connectivity index (χ4n) is 3.90. The van der Waals surface area contributed by atoms with Gasteiger partial charge in [0.1, 0.15) is 18.1 Å². The summed E-state index contributed by atoms with van der Waals surface area (Å²) >= 11 is 6.06. The van der Waals surface area contributed by atoms with Crippen LogP contribution in [0.1, 0.15) is 45.7 Å². The Morgan fingerprint density at radius 2 is 1.94 bits per heavy atom. The number of hydrogen-bond donors (Lipinski definition) is 2. The lowest BCUT2D eigenvalue weighted by Gasteiger charge is -2.25. The van der Waals surface area contributed by atoms with E-state index in [1.54, 1.807) is 11.1 Å². The molecule has 0 saturated heterocycles. The van der Waals surface area contributed by atoms with Gasteiger partial charge in [0.25, 0.3) is 5.91 Å². The monoisotopic (exact) mass is 469 g/mol. The van der Waals surface area contributed by atoms with E-state index in [9.17, 15) is 9.90 Å². The van der Waals surface area contributed by atoms with Crippen LogP contribution >= 0.6 is 11.6 Å². The topological polar surface area (TPSA) is 95.0 Å². The van der Waals surface area contributed by atoms with Crippen molar-refractivity contribution in [3.8, 4) is 22.5 Å². The first-order valence-corrected chi connectivity index (χ1v) is 11.8. The van der Waals surface area contributed by atoms with Crippen LogP contribution in [0.5, 0.6) is 0 Å². The lowest BCUT2D eigenvalue weighted by Crippen LogP contribution is -2.40. The standard InChI is InChI=1S/C25H32ClN5O2/c1-4-13-31(25(33)22(32)15-17(2)3)14-5-6-21-23(20-11-12-27-16-28-20)24(30-29-21)18-7-9-19(26)10-8-18/h7-12,16-17,22,32H,4-6,13-15H2,1-3H3,(H,29,30). The lowest BCUT2D eigenvalue weighted by atomic mass is 10.0. The molecule has 0 fully saturated rings. The number of amides is 1. The molecule has 1 amide bonds. The maximum absolute atomic E-state index is 12.7. The van der Waals surface area contributed by atoms with Crippen LogP contribution in [0.4, 0.5) is 0 Å². The quantitative estimate of drug-likeness (QED) is 0.422. The molecule has 0 bridgehead atoms. The van der Waals surface area contributed by atoms with E-state index in [0.717, 1.165) is 41.1 Å². The molecule has 8 heteroatoms. The van der Waals surface area contributed by atoms with Crippen molar-refractivity contribution >= 4 is 17.5 Å². The Labute approximate surface area is 200 Å². The summed E-state index contributed by atoms with van der Waals surface area (Å²) in [4.78, 5) is 23.0. The maximum atomic E-state index is 12.7. The van der Waals surface area contributed by atoms with Crippen LogP contribution < -0.4 is 0 Å². The second-order valence-corrected chi connectivity index (χ2v) is 9.04. The van der Waals surface area contributed by atoms with Crippen molar-refractivity contribution in [2.24, 2.45) is 5.92 Å². The minimum Gasteiger partial charge on any atom is -0.383 e. The van der Waals surface area contributed by atoms with Crippen molar-refractivity contribution in [2.75, 3.05) is 13.1 Å². The van der Waals surface area contributed by atoms with Gasteiger partial charge in [0.05, 0.1) is 5.69 Å². The summed E-state index contributed by atoms with van der Waals surface area (Å²) in [5, 5.41) is 18.7. The van der Waals surface area contributed by atoms with Gasteiger partial charge >= 0.3 is 0 Å². The molecule has 1 unspecified atom stereocenters. The van der Waals surface area contributed by atoms with Crippen molar-refractivity contribution in [1.82, 2.24) is 25.1 Å². The molecule has 7 nitrogen and oxygen atoms in total. The summed E-state index contributed by atoms with van der Waals surface area (Å²) in [6.45, 7) is 7.25. The lowest BCUT2D eigenvalue weighted by molar-refractivity contribution is -0.141. The zero-order valence-electron chi connectivity index (χ0n) is 19.5. The van der Waals surface area contributed by atoms with E-state index < -0.39 is 6.10 Å². The highest BCUT2D eigenvalue weighted by Gasteiger charge is 2.23. The number of aromatic nitrogens is 4. The Hall–Kier alpha value is -2.77. The predicted octanol–water partition coefficient (Wildman–Crippen LogP) is 4.77. The molecule has 176 valence electrons. The van der Waals surface area contributed by atoms with Gasteiger partial charge in [-0.3, -0.25) is 9.89 Å². The summed E-state index contributed by atoms with van der Waals surface area (Å²) < 4.78 is 0. The van der Waals surface area contributed by atoms with Crippen molar-refractivity contribution in [3.05, 3.63) is 53.6 Å². The van der Waals surface area contributed by atoms with Crippen LogP contribution in [-0.2, 0) is 11.2 Å². The number of H-pyrrole nitrogens is 1. The number of benzene rings is 1. The van der Waals surface area contributed by atoms with E-state index >= 15 is 0 Å². The number of aromatic amines is 1. The number of carbonyl (C=O) groups excluding carboxylic acids is 1. The third kappa shape index (κ3) is 6.62. The van der Waals surface area contributed by atoms with E-state index in [0.29, 0.717) is 31.0 Å². The molecule has 33 heavy (non-hydrogen) atoms. The smallest absolute Gasteiger partial charge is 0.251 e. The van der Waals surface area contributed by atoms with Crippen molar-refractivity contribution in [2.45, 2.75) is 52.6 Å². The second-order valence-electron chi connectivity index (χ2n) is 8.60. The first-order valence-electron chi connectivity index (χ1n) is 11.5. The van der Waals surface area contributed by atoms with Gasteiger partial charge in [0.15, 0.2) is 0 Å². The molecule has 2 aromatic heterocycles. The Bertz CT molecular complexity index is 1020. The van der Waals surface area contributed by atoms with E-state index in [4.69, 9.17) is 11.6 Å². The SMILES string of the molecule is CCCN(CCCc1[nH]nc(-c2ccc(Cl)cc2)c1-c1ccncn1)C(=O)C(O)CC(C)C. The third-order valence-corrected chi connectivity index (χ3v) is 5.69. The van der Waals surface area contributed by atoms with E-state index in [1.807, 2.05) is 51.1 Å². The van der Waals surface area contributed by atoms with Gasteiger partial charge in [-0.1, -0.05) is 44.5 Å². The Balaban J connectivity index is 1.79. The van der Waals surface area contributed by atoms with Crippen LogP contribution in [0.3, 0.4) is 0 Å². The largest absolute Gasteiger partial charge is 0.383 e. The van der Waals surface area contributed by atoms with E-state index in [-0.39, 0.29) is 11.8 Å². The van der Waals surface area contributed by atoms with Crippen molar-refractivity contribution in [1.29, 1.82) is 0 Å². The Morgan fingerprint density at radius 1 is 1.18 bits per heavy atom. The van der Waals surface area contributed by atoms with Crippen molar-refractivity contribution in [3.63, 3.8) is 0 Å². The molecular formula is C25H32ClN5O2. The van der Waals surface area contributed by atoms with E-state index in [1.165, 1.54) is 6.33 Å². The molecule has 1 aromatic carbocycles. The molecule has 0 aliphatic rings. The molecule has 0 aliphatic heterocycles. The van der Waals surface area contributed by atoms with Gasteiger partial charge < -0.3 is 10.0 Å². The summed E-state index contributed by atoms with van der Waals surface area (Å²) in [6, 6.07) is 9.41. The molecule has 0 saturated carbocycles. The van der Waals surface area contributed by atoms with Crippen LogP contribution in [0.15, 0.2) is 42.9 Å². The van der Waals surface area contributed by atoms with Crippen LogP contribution in [0.25, 0.3) is 22.5 Å². The van der Waals surface area contributed by atoms with Crippen LogP contribution in [-0.4, -0.2) is 55.3 Å². The summed E-state index contributed by atoms with van der Waals surface area (Å²) in [5.41, 5.74) is 4.40. The van der Waals surface area contributed by atoms with Gasteiger partial charge in [-0.2, -0.15) is 5.10 Å². The summed E-state index contributed by atoms with van der Waals surface area (Å²) in [5.74, 6) is 0.0761. The minimum atomic E-state index is -0.947. The number of carbonyl (C=O) groups is 1. The fourth-order valence-corrected chi connectivity index (χ4v) is 4.02. The summed E-state index contributed by atoms with van der Waals surface area (Å²) in [7, 11) is 0. The number of aliphatic hydroxyl groups is 1. The van der Waals surface area contributed by atoms with Gasteiger partial charge in [-0.05, 0) is 49.8 Å². The average Bonchev–Trinajstić information content (AvgIpc) is 3.22. The molecule has 2 heterocycles. The number of rotatable bonds is 11. The first kappa shape index (κ1) is 24.9. The number of hydrogen-bond acceptors (Lipinski definition) is 5. The zero-order chi connectivity index (χ0) is 23.8. The fraction of sp³-hybridized carbons (Fsp3) is 0.440. The highest BCUT2D eigenvalue weighted by atomic mass is 35.5. The molecule has 0 spiro atoms. The van der Waals surface area contributed by atoms with Crippen LogP contribution in [0, 0.1) is 5.92 Å². The number of nitrogens with one attached hydrogen (secondary N) is 1. The van der Waals surface area contributed by atoms with Crippen LogP contribution in [0.2, 0.25) is 5.02 Å². The van der Waals surface area contributed by atoms with Crippen molar-refractivity contribution < 1.29 is 9.90 Å². The van der Waals surface area contributed by atoms with Gasteiger partial charge in [-0.15, -0.1) is 0 Å². The third-order valence-electron chi connectivity index (χ3n) is 5.44. The molecule has 2 N–H and O–H groups in total. The van der Waals surface area contributed by atoms with Gasteiger partial charge in [0, 0.05) is 41.1 Å². The molecule has 0 aliphatic carbocycles. The maximum Gasteiger partial charge on any atom is 0.251 e. The predicted molar refractivity (Wildman–Crippen MR) is 131 cm³/mol. The van der Waals surface area contributed by atoms with Gasteiger partial charge in [0.2, 0.25) is 0 Å².